The molecule has 1 aliphatic rings. The van der Waals surface area contributed by atoms with Crippen LogP contribution in [0, 0.1) is 0 Å². The van der Waals surface area contributed by atoms with Crippen molar-refractivity contribution in [2.45, 2.75) is 12.8 Å². The third-order valence-corrected chi connectivity index (χ3v) is 7.40. The predicted octanol–water partition coefficient (Wildman–Crippen LogP) is 6.27. The molecule has 0 amide bonds. The van der Waals surface area contributed by atoms with Crippen LogP contribution in [0.3, 0.4) is 0 Å². The summed E-state index contributed by atoms with van der Waals surface area (Å²) in [5.74, 6) is 1.07. The van der Waals surface area contributed by atoms with Crippen LogP contribution in [0.2, 0.25) is 0 Å². The van der Waals surface area contributed by atoms with Crippen molar-refractivity contribution in [1.29, 1.82) is 0 Å². The summed E-state index contributed by atoms with van der Waals surface area (Å²) in [5, 5.41) is 46.5. The van der Waals surface area contributed by atoms with Crippen LogP contribution in [0.25, 0.3) is 43.8 Å². The van der Waals surface area contributed by atoms with Gasteiger partial charge in [0.15, 0.2) is 11.5 Å². The van der Waals surface area contributed by atoms with E-state index in [2.05, 4.69) is 0 Å². The van der Waals surface area contributed by atoms with E-state index in [0.29, 0.717) is 51.8 Å². The molecule has 4 N–H and O–H groups in total. The maximum Gasteiger partial charge on any atom is 0.204 e. The second-order valence-electron chi connectivity index (χ2n) is 9.39. The number of hydrogen-bond donors (Lipinski definition) is 4. The molecule has 0 fully saturated rings. The fourth-order valence-electron chi connectivity index (χ4n) is 5.71. The van der Waals surface area contributed by atoms with Crippen molar-refractivity contribution in [2.75, 3.05) is 21.3 Å². The lowest BCUT2D eigenvalue weighted by Crippen LogP contribution is -2.05. The smallest absolute Gasteiger partial charge is 0.204 e. The van der Waals surface area contributed by atoms with Crippen molar-refractivity contribution < 1.29 is 34.6 Å². The van der Waals surface area contributed by atoms with Crippen LogP contribution in [0.1, 0.15) is 11.1 Å². The first-order valence-electron chi connectivity index (χ1n) is 12.1. The average Bonchev–Trinajstić information content (AvgIpc) is 2.91. The Morgan fingerprint density at radius 1 is 0.605 bits per heavy atom. The van der Waals surface area contributed by atoms with Gasteiger partial charge in [-0.1, -0.05) is 12.1 Å². The number of ether oxygens (including phenoxy) is 3. The van der Waals surface area contributed by atoms with E-state index in [-0.39, 0.29) is 28.7 Å². The zero-order valence-corrected chi connectivity index (χ0v) is 21.1. The fourth-order valence-corrected chi connectivity index (χ4v) is 5.71. The van der Waals surface area contributed by atoms with E-state index < -0.39 is 0 Å². The monoisotopic (exact) mass is 510 g/mol. The van der Waals surface area contributed by atoms with E-state index in [1.54, 1.807) is 43.5 Å². The lowest BCUT2D eigenvalue weighted by atomic mass is 9.82. The molecule has 7 nitrogen and oxygen atoms in total. The summed E-state index contributed by atoms with van der Waals surface area (Å²) in [4.78, 5) is 0. The molecule has 5 aromatic rings. The van der Waals surface area contributed by atoms with E-state index in [1.165, 1.54) is 14.2 Å². The number of phenolic OH excluding ortho intramolecular Hbond substituents is 4. The Balaban J connectivity index is 1.71. The lowest BCUT2D eigenvalue weighted by molar-refractivity contribution is 0.337. The van der Waals surface area contributed by atoms with Gasteiger partial charge in [0.05, 0.1) is 21.3 Å². The van der Waals surface area contributed by atoms with Crippen molar-refractivity contribution in [3.05, 3.63) is 65.7 Å². The van der Waals surface area contributed by atoms with Gasteiger partial charge >= 0.3 is 0 Å². The first-order chi connectivity index (χ1) is 18.4. The van der Waals surface area contributed by atoms with E-state index in [4.69, 9.17) is 14.2 Å². The standard InChI is InChI=1S/C31H26O7/c1-36-19-11-17-5-4-16-12-24(33)23(14-22(16)26(17)25(34)13-19)27-21-8-6-15-10-18(32)7-9-20(15)28(21)30(37-2)31(38-3)29(27)35/h6-14,32-35H,4-5H2,1-3H3. The van der Waals surface area contributed by atoms with Crippen LogP contribution in [-0.2, 0) is 12.8 Å². The van der Waals surface area contributed by atoms with Crippen molar-refractivity contribution in [3.63, 3.8) is 0 Å². The summed E-state index contributed by atoms with van der Waals surface area (Å²) in [6.45, 7) is 0. The minimum absolute atomic E-state index is 0.00479. The zero-order valence-electron chi connectivity index (χ0n) is 21.1. The van der Waals surface area contributed by atoms with E-state index in [9.17, 15) is 20.4 Å². The predicted molar refractivity (Wildman–Crippen MR) is 146 cm³/mol. The van der Waals surface area contributed by atoms with Crippen LogP contribution in [0.15, 0.2) is 54.6 Å². The summed E-state index contributed by atoms with van der Waals surface area (Å²) in [5.41, 5.74) is 4.04. The molecule has 0 saturated carbocycles. The van der Waals surface area contributed by atoms with Gasteiger partial charge in [-0.05, 0) is 82.1 Å². The topological polar surface area (TPSA) is 109 Å². The van der Waals surface area contributed by atoms with Crippen LogP contribution < -0.4 is 14.2 Å². The number of rotatable bonds is 4. The van der Waals surface area contributed by atoms with E-state index in [0.717, 1.165) is 27.5 Å². The molecule has 6 rings (SSSR count). The average molecular weight is 511 g/mol. The van der Waals surface area contributed by atoms with Crippen molar-refractivity contribution in [2.24, 2.45) is 0 Å². The zero-order chi connectivity index (χ0) is 26.7. The maximum atomic E-state index is 11.5. The molecule has 0 atom stereocenters. The first kappa shape index (κ1) is 23.6. The molecule has 0 saturated heterocycles. The van der Waals surface area contributed by atoms with Crippen LogP contribution in [-0.4, -0.2) is 41.8 Å². The Morgan fingerprint density at radius 2 is 1.34 bits per heavy atom. The summed E-state index contributed by atoms with van der Waals surface area (Å²) in [6, 6.07) is 15.7. The minimum Gasteiger partial charge on any atom is -0.508 e. The summed E-state index contributed by atoms with van der Waals surface area (Å²) in [6.07, 6.45) is 1.37. The molecule has 0 unspecified atom stereocenters. The van der Waals surface area contributed by atoms with Gasteiger partial charge in [-0.2, -0.15) is 0 Å². The highest BCUT2D eigenvalue weighted by molar-refractivity contribution is 6.18. The van der Waals surface area contributed by atoms with Gasteiger partial charge < -0.3 is 34.6 Å². The molecular formula is C31H26O7. The molecule has 0 aliphatic heterocycles. The summed E-state index contributed by atoms with van der Waals surface area (Å²) < 4.78 is 16.7. The largest absolute Gasteiger partial charge is 0.508 e. The van der Waals surface area contributed by atoms with Crippen molar-refractivity contribution in [3.8, 4) is 62.5 Å². The lowest BCUT2D eigenvalue weighted by Gasteiger charge is -2.24. The molecule has 1 aliphatic carbocycles. The number of methoxy groups -OCH3 is 3. The first-order valence-corrected chi connectivity index (χ1v) is 12.1. The third kappa shape index (κ3) is 3.35. The maximum absolute atomic E-state index is 11.5. The van der Waals surface area contributed by atoms with Gasteiger partial charge in [0.2, 0.25) is 5.75 Å². The molecule has 0 spiro atoms. The summed E-state index contributed by atoms with van der Waals surface area (Å²) >= 11 is 0. The van der Waals surface area contributed by atoms with Crippen molar-refractivity contribution >= 4 is 21.5 Å². The Kier molecular flexibility index (Phi) is 5.38. The van der Waals surface area contributed by atoms with Crippen LogP contribution in [0.5, 0.6) is 40.2 Å². The molecule has 0 aromatic heterocycles. The van der Waals surface area contributed by atoms with Gasteiger partial charge in [0.25, 0.3) is 0 Å². The van der Waals surface area contributed by atoms with Gasteiger partial charge in [-0.3, -0.25) is 0 Å². The van der Waals surface area contributed by atoms with Gasteiger partial charge in [0, 0.05) is 28.1 Å². The Labute approximate surface area is 218 Å². The molecule has 192 valence electrons. The van der Waals surface area contributed by atoms with E-state index in [1.807, 2.05) is 18.2 Å². The van der Waals surface area contributed by atoms with Crippen molar-refractivity contribution in [1.82, 2.24) is 0 Å². The van der Waals surface area contributed by atoms with E-state index >= 15 is 0 Å². The molecule has 0 bridgehead atoms. The Morgan fingerprint density at radius 3 is 2.08 bits per heavy atom. The van der Waals surface area contributed by atoms with Gasteiger partial charge in [0.1, 0.15) is 23.0 Å². The normalized spacial score (nSPS) is 12.3. The van der Waals surface area contributed by atoms with Crippen LogP contribution in [0.4, 0.5) is 0 Å². The second kappa shape index (κ2) is 8.66. The Hall–Kier alpha value is -4.78. The highest BCUT2D eigenvalue weighted by atomic mass is 16.5. The molecule has 7 heteroatoms. The van der Waals surface area contributed by atoms with Gasteiger partial charge in [-0.25, -0.2) is 0 Å². The highest BCUT2D eigenvalue weighted by Crippen LogP contribution is 2.55. The number of aryl methyl sites for hydroxylation is 2. The molecule has 5 aromatic carbocycles. The quantitative estimate of drug-likeness (QED) is 0.211. The minimum atomic E-state index is -0.180. The number of benzene rings is 5. The summed E-state index contributed by atoms with van der Waals surface area (Å²) in [7, 11) is 4.50. The highest BCUT2D eigenvalue weighted by Gasteiger charge is 2.28. The molecule has 38 heavy (non-hydrogen) atoms. The van der Waals surface area contributed by atoms with Gasteiger partial charge in [-0.15, -0.1) is 0 Å². The third-order valence-electron chi connectivity index (χ3n) is 7.40. The molecule has 0 radical (unpaired) electrons. The number of aromatic hydroxyl groups is 4. The van der Waals surface area contributed by atoms with Crippen LogP contribution >= 0.6 is 0 Å². The number of fused-ring (bicyclic) bond motifs is 6. The number of hydrogen-bond acceptors (Lipinski definition) is 7. The fraction of sp³-hybridized carbons (Fsp3) is 0.161. The molecular weight excluding hydrogens is 484 g/mol. The number of phenols is 4. The molecule has 0 heterocycles. The SMILES string of the molecule is COc1cc(O)c2c(c1)CCc1cc(O)c(-c3c(O)c(OC)c(OC)c4c3ccc3cc(O)ccc34)cc1-2. The second-order valence-corrected chi connectivity index (χ2v) is 9.39. The Bertz CT molecular complexity index is 1770.